The molecule has 1 aliphatic rings. The predicted octanol–water partition coefficient (Wildman–Crippen LogP) is 2.90. The van der Waals surface area contributed by atoms with Gasteiger partial charge in [0.1, 0.15) is 0 Å². The molecule has 1 saturated heterocycles. The van der Waals surface area contributed by atoms with Gasteiger partial charge >= 0.3 is 0 Å². The normalized spacial score (nSPS) is 18.1. The number of piperidine rings is 1. The summed E-state index contributed by atoms with van der Waals surface area (Å²) in [6.45, 7) is 3.58. The van der Waals surface area contributed by atoms with Gasteiger partial charge in [0.25, 0.3) is 5.91 Å². The highest BCUT2D eigenvalue weighted by molar-refractivity contribution is 7.12. The van der Waals surface area contributed by atoms with Gasteiger partial charge in [0.05, 0.1) is 4.88 Å². The van der Waals surface area contributed by atoms with Crippen LogP contribution in [0.2, 0.25) is 0 Å². The molecule has 82 valence electrons. The first-order valence-electron chi connectivity index (χ1n) is 5.16. The Hall–Kier alpha value is -0.540. The zero-order valence-electron chi connectivity index (χ0n) is 8.70. The van der Waals surface area contributed by atoms with Crippen molar-refractivity contribution in [2.24, 2.45) is 0 Å². The Morgan fingerprint density at radius 2 is 2.20 bits per heavy atom. The number of amides is 1. The van der Waals surface area contributed by atoms with Crippen molar-refractivity contribution < 1.29 is 4.79 Å². The van der Waals surface area contributed by atoms with Crippen LogP contribution in [0.1, 0.15) is 28.1 Å². The maximum Gasteiger partial charge on any atom is 0.264 e. The third-order valence-corrected chi connectivity index (χ3v) is 4.21. The van der Waals surface area contributed by atoms with Crippen LogP contribution in [0, 0.1) is 6.92 Å². The molecular weight excluding hydrogens is 230 g/mol. The Morgan fingerprint density at radius 1 is 1.53 bits per heavy atom. The van der Waals surface area contributed by atoms with Crippen molar-refractivity contribution in [3.63, 3.8) is 0 Å². The fraction of sp³-hybridized carbons (Fsp3) is 0.545. The Balaban J connectivity index is 2.06. The highest BCUT2D eigenvalue weighted by atomic mass is 35.5. The summed E-state index contributed by atoms with van der Waals surface area (Å²) in [5, 5.41) is 2.22. The fourth-order valence-electron chi connectivity index (χ4n) is 1.79. The molecule has 0 bridgehead atoms. The van der Waals surface area contributed by atoms with E-state index in [1.165, 1.54) is 11.3 Å². The monoisotopic (exact) mass is 243 g/mol. The van der Waals surface area contributed by atoms with Crippen molar-refractivity contribution in [2.75, 3.05) is 13.1 Å². The minimum absolute atomic E-state index is 0.172. The topological polar surface area (TPSA) is 20.3 Å². The second kappa shape index (κ2) is 4.54. The molecule has 15 heavy (non-hydrogen) atoms. The highest BCUT2D eigenvalue weighted by Gasteiger charge is 2.23. The van der Waals surface area contributed by atoms with E-state index >= 15 is 0 Å². The van der Waals surface area contributed by atoms with Gasteiger partial charge in [-0.05, 0) is 36.8 Å². The van der Waals surface area contributed by atoms with Gasteiger partial charge in [0.2, 0.25) is 0 Å². The number of hydrogen-bond acceptors (Lipinski definition) is 2. The van der Waals surface area contributed by atoms with Gasteiger partial charge in [-0.25, -0.2) is 0 Å². The molecule has 0 unspecified atom stereocenters. The molecule has 0 radical (unpaired) electrons. The van der Waals surface area contributed by atoms with Gasteiger partial charge in [-0.1, -0.05) is 0 Å². The Kier molecular flexibility index (Phi) is 3.32. The van der Waals surface area contributed by atoms with Gasteiger partial charge < -0.3 is 4.90 Å². The van der Waals surface area contributed by atoms with Gasteiger partial charge in [0.15, 0.2) is 0 Å². The Labute approximate surface area is 98.8 Å². The van der Waals surface area contributed by atoms with Crippen molar-refractivity contribution in [1.29, 1.82) is 0 Å². The lowest BCUT2D eigenvalue weighted by Crippen LogP contribution is -2.38. The van der Waals surface area contributed by atoms with E-state index in [9.17, 15) is 4.79 Å². The number of halogens is 1. The van der Waals surface area contributed by atoms with Crippen LogP contribution in [0.3, 0.4) is 0 Å². The number of carbonyl (C=O) groups is 1. The lowest BCUT2D eigenvalue weighted by atomic mass is 10.1. The van der Waals surface area contributed by atoms with Gasteiger partial charge in [-0.15, -0.1) is 22.9 Å². The first-order valence-corrected chi connectivity index (χ1v) is 6.47. The van der Waals surface area contributed by atoms with E-state index in [2.05, 4.69) is 0 Å². The number of alkyl halides is 1. The molecule has 1 aromatic rings. The maximum absolute atomic E-state index is 12.1. The summed E-state index contributed by atoms with van der Waals surface area (Å²) in [4.78, 5) is 14.9. The molecule has 2 heterocycles. The second-order valence-corrected chi connectivity index (χ2v) is 5.43. The van der Waals surface area contributed by atoms with E-state index in [1.807, 2.05) is 23.3 Å². The summed E-state index contributed by atoms with van der Waals surface area (Å²) in [5.41, 5.74) is 1.08. The van der Waals surface area contributed by atoms with Crippen LogP contribution in [0.4, 0.5) is 0 Å². The van der Waals surface area contributed by atoms with E-state index in [0.29, 0.717) is 0 Å². The average molecular weight is 244 g/mol. The molecule has 0 aliphatic carbocycles. The van der Waals surface area contributed by atoms with E-state index in [4.69, 9.17) is 11.6 Å². The Bertz CT molecular complexity index is 355. The first kappa shape index (κ1) is 11.0. The predicted molar refractivity (Wildman–Crippen MR) is 63.8 cm³/mol. The van der Waals surface area contributed by atoms with Gasteiger partial charge in [-0.3, -0.25) is 4.79 Å². The molecule has 4 heteroatoms. The van der Waals surface area contributed by atoms with Gasteiger partial charge in [0, 0.05) is 18.5 Å². The molecule has 0 spiro atoms. The van der Waals surface area contributed by atoms with Crippen molar-refractivity contribution in [2.45, 2.75) is 25.1 Å². The molecular formula is C11H14ClNOS. The molecule has 1 aliphatic heterocycles. The van der Waals surface area contributed by atoms with E-state index in [0.717, 1.165) is 36.4 Å². The van der Waals surface area contributed by atoms with E-state index in [1.54, 1.807) is 0 Å². The number of thiophene rings is 1. The summed E-state index contributed by atoms with van der Waals surface area (Å²) in [6.07, 6.45) is 1.83. The van der Waals surface area contributed by atoms with Crippen LogP contribution >= 0.6 is 22.9 Å². The molecule has 1 amide bonds. The van der Waals surface area contributed by atoms with E-state index < -0.39 is 0 Å². The second-order valence-electron chi connectivity index (χ2n) is 3.90. The molecule has 0 N–H and O–H groups in total. The number of hydrogen-bond donors (Lipinski definition) is 0. The first-order chi connectivity index (χ1) is 7.18. The molecule has 0 aromatic carbocycles. The molecule has 0 atom stereocenters. The molecule has 1 fully saturated rings. The van der Waals surface area contributed by atoms with Crippen molar-refractivity contribution in [3.05, 3.63) is 21.9 Å². The van der Waals surface area contributed by atoms with Crippen molar-refractivity contribution >= 4 is 28.8 Å². The lowest BCUT2D eigenvalue weighted by molar-refractivity contribution is 0.0731. The number of rotatable bonds is 1. The molecule has 2 rings (SSSR count). The van der Waals surface area contributed by atoms with Crippen molar-refractivity contribution in [3.8, 4) is 0 Å². The van der Waals surface area contributed by atoms with Crippen LogP contribution in [0.15, 0.2) is 11.4 Å². The summed E-state index contributed by atoms with van der Waals surface area (Å²) in [5.74, 6) is 0.172. The summed E-state index contributed by atoms with van der Waals surface area (Å²) in [6, 6.07) is 1.99. The lowest BCUT2D eigenvalue weighted by Gasteiger charge is -2.29. The zero-order valence-corrected chi connectivity index (χ0v) is 10.3. The SMILES string of the molecule is Cc1ccsc1C(=O)N1CCC(Cl)CC1. The van der Waals surface area contributed by atoms with Gasteiger partial charge in [-0.2, -0.15) is 0 Å². The Morgan fingerprint density at radius 3 is 2.73 bits per heavy atom. The van der Waals surface area contributed by atoms with E-state index in [-0.39, 0.29) is 11.3 Å². The van der Waals surface area contributed by atoms with Crippen molar-refractivity contribution in [1.82, 2.24) is 4.90 Å². The van der Waals surface area contributed by atoms with Crippen LogP contribution in [-0.2, 0) is 0 Å². The highest BCUT2D eigenvalue weighted by Crippen LogP contribution is 2.22. The number of nitrogens with zero attached hydrogens (tertiary/aromatic N) is 1. The smallest absolute Gasteiger partial charge is 0.264 e. The third kappa shape index (κ3) is 2.34. The summed E-state index contributed by atoms with van der Waals surface area (Å²) in [7, 11) is 0. The minimum atomic E-state index is 0.172. The van der Waals surface area contributed by atoms with Crippen LogP contribution in [-0.4, -0.2) is 29.3 Å². The van der Waals surface area contributed by atoms with Crippen LogP contribution in [0.5, 0.6) is 0 Å². The third-order valence-electron chi connectivity index (χ3n) is 2.77. The molecule has 1 aromatic heterocycles. The number of aryl methyl sites for hydroxylation is 1. The molecule has 0 saturated carbocycles. The van der Waals surface area contributed by atoms with Crippen LogP contribution < -0.4 is 0 Å². The average Bonchev–Trinajstić information content (AvgIpc) is 2.65. The minimum Gasteiger partial charge on any atom is -0.338 e. The quantitative estimate of drug-likeness (QED) is 0.695. The summed E-state index contributed by atoms with van der Waals surface area (Å²) >= 11 is 7.54. The number of likely N-dealkylation sites (tertiary alicyclic amines) is 1. The zero-order chi connectivity index (χ0) is 10.8. The largest absolute Gasteiger partial charge is 0.338 e. The fourth-order valence-corrected chi connectivity index (χ4v) is 2.87. The maximum atomic E-state index is 12.1. The number of carbonyl (C=O) groups excluding carboxylic acids is 1. The standard InChI is InChI=1S/C11H14ClNOS/c1-8-4-7-15-10(8)11(14)13-5-2-9(12)3-6-13/h4,7,9H,2-3,5-6H2,1H3. The summed E-state index contributed by atoms with van der Waals surface area (Å²) < 4.78 is 0. The molecule has 2 nitrogen and oxygen atoms in total. The van der Waals surface area contributed by atoms with Crippen LogP contribution in [0.25, 0.3) is 0 Å².